The zero-order valence-electron chi connectivity index (χ0n) is 16.1. The van der Waals surface area contributed by atoms with Crippen LogP contribution in [0.15, 0.2) is 36.4 Å². The maximum absolute atomic E-state index is 12.1. The molecule has 6 nitrogen and oxygen atoms in total. The second-order valence-electron chi connectivity index (χ2n) is 6.55. The Kier molecular flexibility index (Phi) is 6.38. The number of para-hydroxylation sites is 1. The molecule has 0 aliphatic heterocycles. The standard InChI is InChI=1S/C21H22N2O4S/c1-13-8-14(2)21(15(3)9-13)23-18(24)10-27-20(25)12-26-11-19-22-16-6-4-5-7-17(16)28-19/h4-9H,10-12H2,1-3H3,(H,23,24). The summed E-state index contributed by atoms with van der Waals surface area (Å²) in [6, 6.07) is 11.8. The molecule has 1 heterocycles. The molecule has 146 valence electrons. The highest BCUT2D eigenvalue weighted by Gasteiger charge is 2.12. The van der Waals surface area contributed by atoms with Crippen molar-refractivity contribution in [2.45, 2.75) is 27.4 Å². The van der Waals surface area contributed by atoms with Crippen molar-refractivity contribution in [1.29, 1.82) is 0 Å². The quantitative estimate of drug-likeness (QED) is 0.611. The first-order chi connectivity index (χ1) is 13.4. The summed E-state index contributed by atoms with van der Waals surface area (Å²) in [4.78, 5) is 28.3. The summed E-state index contributed by atoms with van der Waals surface area (Å²) >= 11 is 1.52. The van der Waals surface area contributed by atoms with Gasteiger partial charge in [-0.2, -0.15) is 0 Å². The van der Waals surface area contributed by atoms with Crippen LogP contribution in [0.1, 0.15) is 21.7 Å². The van der Waals surface area contributed by atoms with Crippen LogP contribution < -0.4 is 5.32 Å². The summed E-state index contributed by atoms with van der Waals surface area (Å²) in [5.41, 5.74) is 4.73. The molecule has 0 aliphatic rings. The molecule has 1 N–H and O–H groups in total. The van der Waals surface area contributed by atoms with Gasteiger partial charge in [-0.05, 0) is 44.0 Å². The molecule has 3 aromatic rings. The van der Waals surface area contributed by atoms with E-state index in [1.807, 2.05) is 57.2 Å². The van der Waals surface area contributed by atoms with Crippen molar-refractivity contribution in [3.63, 3.8) is 0 Å². The molecule has 2 aromatic carbocycles. The maximum Gasteiger partial charge on any atom is 0.332 e. The fraction of sp³-hybridized carbons (Fsp3) is 0.286. The number of ether oxygens (including phenoxy) is 2. The zero-order chi connectivity index (χ0) is 20.1. The van der Waals surface area contributed by atoms with Crippen LogP contribution in [0.25, 0.3) is 10.2 Å². The van der Waals surface area contributed by atoms with Crippen LogP contribution in [0, 0.1) is 20.8 Å². The molecule has 0 radical (unpaired) electrons. The van der Waals surface area contributed by atoms with Crippen LogP contribution in [-0.4, -0.2) is 30.1 Å². The molecule has 3 rings (SSSR count). The van der Waals surface area contributed by atoms with Crippen molar-refractivity contribution >= 4 is 39.1 Å². The Morgan fingerprint density at radius 2 is 1.79 bits per heavy atom. The van der Waals surface area contributed by atoms with Gasteiger partial charge in [0.05, 0.1) is 16.8 Å². The van der Waals surface area contributed by atoms with Crippen molar-refractivity contribution < 1.29 is 19.1 Å². The Morgan fingerprint density at radius 3 is 2.50 bits per heavy atom. The molecular formula is C21H22N2O4S. The first kappa shape index (κ1) is 20.0. The molecule has 0 spiro atoms. The van der Waals surface area contributed by atoms with Gasteiger partial charge in [0, 0.05) is 5.69 Å². The van der Waals surface area contributed by atoms with Gasteiger partial charge in [-0.3, -0.25) is 4.79 Å². The summed E-state index contributed by atoms with van der Waals surface area (Å²) in [5.74, 6) is -0.969. The van der Waals surface area contributed by atoms with Crippen molar-refractivity contribution in [3.8, 4) is 0 Å². The number of thiazole rings is 1. The number of esters is 1. The van der Waals surface area contributed by atoms with Crippen LogP contribution in [0.2, 0.25) is 0 Å². The smallest absolute Gasteiger partial charge is 0.332 e. The number of rotatable bonds is 7. The van der Waals surface area contributed by atoms with Gasteiger partial charge in [0.15, 0.2) is 6.61 Å². The summed E-state index contributed by atoms with van der Waals surface area (Å²) in [6.45, 7) is 5.50. The van der Waals surface area contributed by atoms with Crippen LogP contribution in [0.3, 0.4) is 0 Å². The fourth-order valence-electron chi connectivity index (χ4n) is 2.94. The number of aromatic nitrogens is 1. The maximum atomic E-state index is 12.1. The SMILES string of the molecule is Cc1cc(C)c(NC(=O)COC(=O)COCc2nc3ccccc3s2)c(C)c1. The largest absolute Gasteiger partial charge is 0.454 e. The average Bonchev–Trinajstić information content (AvgIpc) is 3.05. The molecule has 28 heavy (non-hydrogen) atoms. The minimum absolute atomic E-state index is 0.225. The molecule has 0 atom stereocenters. The lowest BCUT2D eigenvalue weighted by molar-refractivity contribution is -0.152. The Balaban J connectivity index is 1.42. The van der Waals surface area contributed by atoms with Crippen LogP contribution in [0.4, 0.5) is 5.69 Å². The Bertz CT molecular complexity index is 957. The number of amides is 1. The summed E-state index contributed by atoms with van der Waals surface area (Å²) in [6.07, 6.45) is 0. The van der Waals surface area contributed by atoms with Crippen molar-refractivity contribution in [1.82, 2.24) is 4.98 Å². The number of carbonyl (C=O) groups excluding carboxylic acids is 2. The summed E-state index contributed by atoms with van der Waals surface area (Å²) in [7, 11) is 0. The van der Waals surface area contributed by atoms with Crippen molar-refractivity contribution in [2.75, 3.05) is 18.5 Å². The minimum atomic E-state index is -0.589. The molecule has 0 saturated heterocycles. The van der Waals surface area contributed by atoms with Gasteiger partial charge >= 0.3 is 5.97 Å². The monoisotopic (exact) mass is 398 g/mol. The van der Waals surface area contributed by atoms with Crippen LogP contribution in [-0.2, 0) is 25.7 Å². The van der Waals surface area contributed by atoms with Crippen LogP contribution >= 0.6 is 11.3 Å². The van der Waals surface area contributed by atoms with E-state index in [4.69, 9.17) is 9.47 Å². The summed E-state index contributed by atoms with van der Waals surface area (Å²) in [5, 5.41) is 3.58. The van der Waals surface area contributed by atoms with E-state index in [1.54, 1.807) is 0 Å². The molecule has 0 bridgehead atoms. The molecule has 0 aliphatic carbocycles. The number of anilines is 1. The van der Waals surface area contributed by atoms with E-state index in [0.29, 0.717) is 0 Å². The number of fused-ring (bicyclic) bond motifs is 1. The second kappa shape index (κ2) is 8.95. The molecule has 1 aromatic heterocycles. The first-order valence-corrected chi connectivity index (χ1v) is 9.69. The third-order valence-corrected chi connectivity index (χ3v) is 5.10. The highest BCUT2D eigenvalue weighted by molar-refractivity contribution is 7.18. The lowest BCUT2D eigenvalue weighted by Crippen LogP contribution is -2.23. The third kappa shape index (κ3) is 5.15. The van der Waals surface area contributed by atoms with Gasteiger partial charge in [0.1, 0.15) is 11.6 Å². The molecule has 0 fully saturated rings. The lowest BCUT2D eigenvalue weighted by atomic mass is 10.1. The Hall–Kier alpha value is -2.77. The van der Waals surface area contributed by atoms with Gasteiger partial charge in [0.25, 0.3) is 5.91 Å². The minimum Gasteiger partial charge on any atom is -0.454 e. The topological polar surface area (TPSA) is 77.5 Å². The van der Waals surface area contributed by atoms with Crippen molar-refractivity contribution in [2.24, 2.45) is 0 Å². The normalized spacial score (nSPS) is 10.8. The number of aryl methyl sites for hydroxylation is 3. The number of nitrogens with one attached hydrogen (secondary N) is 1. The van der Waals surface area contributed by atoms with Crippen molar-refractivity contribution in [3.05, 3.63) is 58.1 Å². The van der Waals surface area contributed by atoms with Crippen LogP contribution in [0.5, 0.6) is 0 Å². The third-order valence-electron chi connectivity index (χ3n) is 4.09. The van der Waals surface area contributed by atoms with Gasteiger partial charge < -0.3 is 14.8 Å². The number of carbonyl (C=O) groups is 2. The highest BCUT2D eigenvalue weighted by atomic mass is 32.1. The predicted octanol–water partition coefficient (Wildman–Crippen LogP) is 3.92. The number of hydrogen-bond acceptors (Lipinski definition) is 6. The number of benzene rings is 2. The fourth-order valence-corrected chi connectivity index (χ4v) is 3.85. The van der Waals surface area contributed by atoms with Gasteiger partial charge in [-0.25, -0.2) is 9.78 Å². The number of nitrogens with zero attached hydrogens (tertiary/aromatic N) is 1. The predicted molar refractivity (Wildman–Crippen MR) is 110 cm³/mol. The zero-order valence-corrected chi connectivity index (χ0v) is 16.9. The average molecular weight is 398 g/mol. The molecule has 0 unspecified atom stereocenters. The first-order valence-electron chi connectivity index (χ1n) is 8.88. The van der Waals surface area contributed by atoms with Gasteiger partial charge in [-0.15, -0.1) is 11.3 Å². The van der Waals surface area contributed by atoms with E-state index in [2.05, 4.69) is 10.3 Å². The van der Waals surface area contributed by atoms with E-state index in [-0.39, 0.29) is 25.7 Å². The highest BCUT2D eigenvalue weighted by Crippen LogP contribution is 2.22. The molecule has 1 amide bonds. The number of hydrogen-bond donors (Lipinski definition) is 1. The lowest BCUT2D eigenvalue weighted by Gasteiger charge is -2.13. The van der Waals surface area contributed by atoms with E-state index >= 15 is 0 Å². The van der Waals surface area contributed by atoms with E-state index in [9.17, 15) is 9.59 Å². The Morgan fingerprint density at radius 1 is 1.07 bits per heavy atom. The van der Waals surface area contributed by atoms with E-state index in [1.165, 1.54) is 11.3 Å². The summed E-state index contributed by atoms with van der Waals surface area (Å²) < 4.78 is 11.4. The van der Waals surface area contributed by atoms with Gasteiger partial charge in [0.2, 0.25) is 0 Å². The molecule has 7 heteroatoms. The second-order valence-corrected chi connectivity index (χ2v) is 7.67. The van der Waals surface area contributed by atoms with Gasteiger partial charge in [-0.1, -0.05) is 29.8 Å². The molecule has 0 saturated carbocycles. The molecular weight excluding hydrogens is 376 g/mol. The Labute approximate surface area is 167 Å². The van der Waals surface area contributed by atoms with E-state index in [0.717, 1.165) is 37.6 Å². The van der Waals surface area contributed by atoms with E-state index < -0.39 is 5.97 Å².